The normalized spacial score (nSPS) is 14.3. The standard InChI is InChI=1S/C23H29NS/c1-6-8-21(22-9-7-16-24-22)14-12-18(3)17(2)10-11-19(4)23-15-13-20(5)25-23/h7,9-16,24H,6,8H2,1-5H3/b17-10+,18-12+,19-11+,21-14+. The van der Waals surface area contributed by atoms with Gasteiger partial charge in [-0.3, -0.25) is 0 Å². The van der Waals surface area contributed by atoms with Gasteiger partial charge >= 0.3 is 0 Å². The zero-order valence-corrected chi connectivity index (χ0v) is 16.8. The molecule has 25 heavy (non-hydrogen) atoms. The maximum Gasteiger partial charge on any atom is 0.0412 e. The molecule has 0 aliphatic heterocycles. The molecule has 0 fully saturated rings. The number of hydrogen-bond acceptors (Lipinski definition) is 1. The van der Waals surface area contributed by atoms with Crippen molar-refractivity contribution in [2.24, 2.45) is 0 Å². The molecule has 0 amide bonds. The van der Waals surface area contributed by atoms with E-state index in [1.807, 2.05) is 17.5 Å². The van der Waals surface area contributed by atoms with E-state index in [0.29, 0.717) is 0 Å². The molecule has 0 radical (unpaired) electrons. The van der Waals surface area contributed by atoms with Gasteiger partial charge in [0.25, 0.3) is 0 Å². The van der Waals surface area contributed by atoms with E-state index >= 15 is 0 Å². The molecule has 132 valence electrons. The molecule has 0 unspecified atom stereocenters. The van der Waals surface area contributed by atoms with Crippen LogP contribution in [0.25, 0.3) is 11.1 Å². The highest BCUT2D eigenvalue weighted by atomic mass is 32.1. The lowest BCUT2D eigenvalue weighted by molar-refractivity contribution is 0.967. The maximum absolute atomic E-state index is 3.31. The van der Waals surface area contributed by atoms with Gasteiger partial charge in [0.15, 0.2) is 0 Å². The first-order valence-corrected chi connectivity index (χ1v) is 9.76. The van der Waals surface area contributed by atoms with Gasteiger partial charge < -0.3 is 4.98 Å². The summed E-state index contributed by atoms with van der Waals surface area (Å²) >= 11 is 1.85. The molecule has 2 heterocycles. The van der Waals surface area contributed by atoms with Gasteiger partial charge in [0.1, 0.15) is 0 Å². The number of thiophene rings is 1. The summed E-state index contributed by atoms with van der Waals surface area (Å²) in [7, 11) is 0. The van der Waals surface area contributed by atoms with Crippen molar-refractivity contribution in [2.45, 2.75) is 47.5 Å². The van der Waals surface area contributed by atoms with Gasteiger partial charge in [0.05, 0.1) is 0 Å². The lowest BCUT2D eigenvalue weighted by Gasteiger charge is -2.04. The van der Waals surface area contributed by atoms with Gasteiger partial charge in [-0.2, -0.15) is 0 Å². The molecule has 1 nitrogen and oxygen atoms in total. The van der Waals surface area contributed by atoms with Crippen molar-refractivity contribution in [2.75, 3.05) is 0 Å². The number of nitrogens with one attached hydrogen (secondary N) is 1. The largest absolute Gasteiger partial charge is 0.361 e. The molecule has 2 heteroatoms. The molecule has 2 rings (SSSR count). The lowest BCUT2D eigenvalue weighted by atomic mass is 10.0. The van der Waals surface area contributed by atoms with Gasteiger partial charge in [-0.15, -0.1) is 11.3 Å². The van der Waals surface area contributed by atoms with Crippen LogP contribution in [0.1, 0.15) is 56.0 Å². The van der Waals surface area contributed by atoms with Crippen LogP contribution in [0.3, 0.4) is 0 Å². The molecule has 0 aliphatic rings. The fraction of sp³-hybridized carbons (Fsp3) is 0.304. The highest BCUT2D eigenvalue weighted by molar-refractivity contribution is 7.13. The summed E-state index contributed by atoms with van der Waals surface area (Å²) in [6.07, 6.45) is 13.1. The summed E-state index contributed by atoms with van der Waals surface area (Å²) in [5.41, 5.74) is 6.49. The minimum absolute atomic E-state index is 1.09. The van der Waals surface area contributed by atoms with Crippen LogP contribution in [0.2, 0.25) is 0 Å². The Kier molecular flexibility index (Phi) is 7.27. The zero-order valence-electron chi connectivity index (χ0n) is 16.0. The van der Waals surface area contributed by atoms with Gasteiger partial charge in [-0.25, -0.2) is 0 Å². The Bertz CT molecular complexity index is 795. The number of aromatic nitrogens is 1. The Morgan fingerprint density at radius 1 is 1.00 bits per heavy atom. The monoisotopic (exact) mass is 351 g/mol. The quantitative estimate of drug-likeness (QED) is 0.495. The Morgan fingerprint density at radius 3 is 2.28 bits per heavy atom. The van der Waals surface area contributed by atoms with Gasteiger partial charge in [0, 0.05) is 21.6 Å². The van der Waals surface area contributed by atoms with Crippen molar-refractivity contribution in [3.05, 3.63) is 81.4 Å². The molecule has 0 saturated heterocycles. The summed E-state index contributed by atoms with van der Waals surface area (Å²) in [5.74, 6) is 0. The van der Waals surface area contributed by atoms with Gasteiger partial charge in [-0.1, -0.05) is 37.6 Å². The van der Waals surface area contributed by atoms with E-state index in [1.165, 1.54) is 37.7 Å². The van der Waals surface area contributed by atoms with E-state index in [9.17, 15) is 0 Å². The summed E-state index contributed by atoms with van der Waals surface area (Å²) in [4.78, 5) is 6.02. The topological polar surface area (TPSA) is 15.8 Å². The molecule has 2 aromatic rings. The second kappa shape index (κ2) is 9.43. The highest BCUT2D eigenvalue weighted by Crippen LogP contribution is 2.24. The number of H-pyrrole nitrogens is 1. The average molecular weight is 352 g/mol. The predicted molar refractivity (Wildman–Crippen MR) is 114 cm³/mol. The molecular formula is C23H29NS. The van der Waals surface area contributed by atoms with Crippen molar-refractivity contribution in [1.29, 1.82) is 0 Å². The fourth-order valence-corrected chi connectivity index (χ4v) is 3.42. The van der Waals surface area contributed by atoms with E-state index in [2.05, 4.69) is 88.2 Å². The minimum Gasteiger partial charge on any atom is -0.361 e. The third-order valence-corrected chi connectivity index (χ3v) is 5.47. The summed E-state index contributed by atoms with van der Waals surface area (Å²) in [5, 5.41) is 0. The second-order valence-electron chi connectivity index (χ2n) is 6.49. The van der Waals surface area contributed by atoms with Crippen LogP contribution >= 0.6 is 11.3 Å². The van der Waals surface area contributed by atoms with Crippen LogP contribution in [-0.4, -0.2) is 4.98 Å². The van der Waals surface area contributed by atoms with Crippen LogP contribution in [0.5, 0.6) is 0 Å². The summed E-state index contributed by atoms with van der Waals surface area (Å²) in [6.45, 7) is 10.9. The summed E-state index contributed by atoms with van der Waals surface area (Å²) < 4.78 is 0. The number of aromatic amines is 1. The van der Waals surface area contributed by atoms with E-state index < -0.39 is 0 Å². The van der Waals surface area contributed by atoms with E-state index in [0.717, 1.165) is 12.8 Å². The molecule has 0 spiro atoms. The molecule has 2 aromatic heterocycles. The predicted octanol–water partition coefficient (Wildman–Crippen LogP) is 7.56. The molecule has 0 atom stereocenters. The number of hydrogen-bond donors (Lipinski definition) is 1. The Hall–Kier alpha value is -2.06. The van der Waals surface area contributed by atoms with Crippen molar-refractivity contribution >= 4 is 22.5 Å². The SMILES string of the molecule is CCC\C(=C/C=C(C)/C(C)=C/C=C(\C)c1ccc(C)s1)c1ccc[nH]1. The lowest BCUT2D eigenvalue weighted by Crippen LogP contribution is -1.85. The van der Waals surface area contributed by atoms with E-state index in [4.69, 9.17) is 0 Å². The Labute approximate surface area is 156 Å². The molecule has 1 N–H and O–H groups in total. The zero-order chi connectivity index (χ0) is 18.2. The smallest absolute Gasteiger partial charge is 0.0412 e. The summed E-state index contributed by atoms with van der Waals surface area (Å²) in [6, 6.07) is 8.58. The van der Waals surface area contributed by atoms with Crippen LogP contribution in [0.4, 0.5) is 0 Å². The minimum atomic E-state index is 1.09. The number of rotatable bonds is 7. The molecule has 0 saturated carbocycles. The van der Waals surface area contributed by atoms with Crippen molar-refractivity contribution in [1.82, 2.24) is 4.98 Å². The third-order valence-electron chi connectivity index (χ3n) is 4.33. The highest BCUT2D eigenvalue weighted by Gasteiger charge is 2.01. The van der Waals surface area contributed by atoms with Gasteiger partial charge in [0.2, 0.25) is 0 Å². The van der Waals surface area contributed by atoms with E-state index in [1.54, 1.807) is 0 Å². The van der Waals surface area contributed by atoms with E-state index in [-0.39, 0.29) is 0 Å². The Morgan fingerprint density at radius 2 is 1.72 bits per heavy atom. The van der Waals surface area contributed by atoms with Gasteiger partial charge in [-0.05, 0) is 80.7 Å². The number of aryl methyl sites for hydroxylation is 1. The first-order valence-electron chi connectivity index (χ1n) is 8.94. The molecule has 0 aromatic carbocycles. The fourth-order valence-electron chi connectivity index (χ4n) is 2.57. The second-order valence-corrected chi connectivity index (χ2v) is 7.77. The first kappa shape index (κ1) is 19.3. The van der Waals surface area contributed by atoms with Crippen molar-refractivity contribution in [3.63, 3.8) is 0 Å². The third kappa shape index (κ3) is 5.75. The molecular weight excluding hydrogens is 322 g/mol. The van der Waals surface area contributed by atoms with Crippen LogP contribution < -0.4 is 0 Å². The van der Waals surface area contributed by atoms with Crippen LogP contribution in [0, 0.1) is 6.92 Å². The Balaban J connectivity index is 2.15. The van der Waals surface area contributed by atoms with Crippen molar-refractivity contribution < 1.29 is 0 Å². The maximum atomic E-state index is 3.31. The molecule has 0 bridgehead atoms. The number of allylic oxidation sites excluding steroid dienone is 8. The first-order chi connectivity index (χ1) is 12.0. The van der Waals surface area contributed by atoms with Crippen LogP contribution in [0.15, 0.2) is 65.9 Å². The average Bonchev–Trinajstić information content (AvgIpc) is 3.27. The molecule has 0 aliphatic carbocycles. The van der Waals surface area contributed by atoms with Crippen LogP contribution in [-0.2, 0) is 0 Å². The van der Waals surface area contributed by atoms with Crippen molar-refractivity contribution in [3.8, 4) is 0 Å².